The highest BCUT2D eigenvalue weighted by atomic mass is 19.1. The van der Waals surface area contributed by atoms with Crippen LogP contribution in [0.15, 0.2) is 48.5 Å². The highest BCUT2D eigenvalue weighted by molar-refractivity contribution is 6.07. The molecule has 1 aliphatic heterocycles. The normalized spacial score (nSPS) is 19.1. The third kappa shape index (κ3) is 3.41. The summed E-state index contributed by atoms with van der Waals surface area (Å²) >= 11 is 0. The van der Waals surface area contributed by atoms with Gasteiger partial charge in [0.05, 0.1) is 18.2 Å². The number of imide groups is 1. The largest absolute Gasteiger partial charge is 0.325 e. The van der Waals surface area contributed by atoms with Crippen LogP contribution in [0, 0.1) is 17.1 Å². The molecule has 0 aliphatic carbocycles. The summed E-state index contributed by atoms with van der Waals surface area (Å²) in [4.78, 5) is 27.1. The molecule has 0 radical (unpaired) electrons. The van der Waals surface area contributed by atoms with E-state index in [0.29, 0.717) is 23.1 Å². The summed E-state index contributed by atoms with van der Waals surface area (Å²) in [7, 11) is 0. The number of carbonyl (C=O) groups excluding carboxylic acids is 2. The fourth-order valence-electron chi connectivity index (χ4n) is 3.39. The SMILES string of the molecule is CCCC[C@]1(c2ccc(F)cc2)NC(=O)N(Cc2ccccc2C#N)C1=O. The Morgan fingerprint density at radius 1 is 1.15 bits per heavy atom. The van der Waals surface area contributed by atoms with Crippen LogP contribution in [0.5, 0.6) is 0 Å². The molecule has 1 atom stereocenters. The molecule has 2 aromatic rings. The van der Waals surface area contributed by atoms with Gasteiger partial charge in [-0.3, -0.25) is 9.69 Å². The third-order valence-electron chi connectivity index (χ3n) is 4.88. The molecule has 138 valence electrons. The zero-order valence-electron chi connectivity index (χ0n) is 15.0. The van der Waals surface area contributed by atoms with E-state index in [-0.39, 0.29) is 12.5 Å². The second kappa shape index (κ2) is 7.58. The predicted molar refractivity (Wildman–Crippen MR) is 97.8 cm³/mol. The van der Waals surface area contributed by atoms with Crippen LogP contribution < -0.4 is 5.32 Å². The van der Waals surface area contributed by atoms with E-state index in [0.717, 1.165) is 17.7 Å². The van der Waals surface area contributed by atoms with Crippen LogP contribution in [0.2, 0.25) is 0 Å². The van der Waals surface area contributed by atoms with E-state index in [4.69, 9.17) is 0 Å². The van der Waals surface area contributed by atoms with Crippen LogP contribution in [-0.4, -0.2) is 16.8 Å². The minimum Gasteiger partial charge on any atom is -0.319 e. The summed E-state index contributed by atoms with van der Waals surface area (Å²) < 4.78 is 13.4. The lowest BCUT2D eigenvalue weighted by Crippen LogP contribution is -2.44. The van der Waals surface area contributed by atoms with Gasteiger partial charge in [0, 0.05) is 0 Å². The van der Waals surface area contributed by atoms with Gasteiger partial charge < -0.3 is 5.32 Å². The van der Waals surface area contributed by atoms with Crippen LogP contribution >= 0.6 is 0 Å². The molecule has 0 saturated carbocycles. The first-order valence-corrected chi connectivity index (χ1v) is 8.90. The lowest BCUT2D eigenvalue weighted by atomic mass is 9.84. The van der Waals surface area contributed by atoms with Gasteiger partial charge in [0.25, 0.3) is 5.91 Å². The van der Waals surface area contributed by atoms with Crippen LogP contribution in [0.1, 0.15) is 42.9 Å². The fourth-order valence-corrected chi connectivity index (χ4v) is 3.39. The molecule has 27 heavy (non-hydrogen) atoms. The zero-order valence-corrected chi connectivity index (χ0v) is 15.0. The van der Waals surface area contributed by atoms with Crippen LogP contribution in [0.25, 0.3) is 0 Å². The smallest absolute Gasteiger partial charge is 0.319 e. The number of carbonyl (C=O) groups is 2. The molecule has 1 heterocycles. The minimum absolute atomic E-state index is 0.0173. The lowest BCUT2D eigenvalue weighted by Gasteiger charge is -2.27. The number of benzene rings is 2. The Labute approximate surface area is 157 Å². The average molecular weight is 365 g/mol. The molecule has 0 aromatic heterocycles. The van der Waals surface area contributed by atoms with Gasteiger partial charge >= 0.3 is 6.03 Å². The monoisotopic (exact) mass is 365 g/mol. The Morgan fingerprint density at radius 2 is 1.85 bits per heavy atom. The Morgan fingerprint density at radius 3 is 2.52 bits per heavy atom. The van der Waals surface area contributed by atoms with Crippen molar-refractivity contribution in [1.82, 2.24) is 10.2 Å². The first-order valence-electron chi connectivity index (χ1n) is 8.90. The maximum atomic E-state index is 13.4. The van der Waals surface area contributed by atoms with Crippen molar-refractivity contribution in [3.63, 3.8) is 0 Å². The van der Waals surface area contributed by atoms with E-state index in [2.05, 4.69) is 11.4 Å². The van der Waals surface area contributed by atoms with Crippen molar-refractivity contribution in [2.75, 3.05) is 0 Å². The van der Waals surface area contributed by atoms with E-state index >= 15 is 0 Å². The quantitative estimate of drug-likeness (QED) is 0.791. The van der Waals surface area contributed by atoms with Gasteiger partial charge in [0.1, 0.15) is 11.4 Å². The minimum atomic E-state index is -1.21. The Balaban J connectivity index is 1.97. The van der Waals surface area contributed by atoms with Gasteiger partial charge in [0.15, 0.2) is 0 Å². The number of unbranched alkanes of at least 4 members (excludes halogenated alkanes) is 1. The highest BCUT2D eigenvalue weighted by Crippen LogP contribution is 2.35. The van der Waals surface area contributed by atoms with Gasteiger partial charge in [-0.1, -0.05) is 50.1 Å². The maximum absolute atomic E-state index is 13.4. The predicted octanol–water partition coefficient (Wildman–Crippen LogP) is 3.83. The Hall–Kier alpha value is -3.20. The molecular formula is C21H20FN3O2. The first-order chi connectivity index (χ1) is 13.0. The van der Waals surface area contributed by atoms with Crippen molar-refractivity contribution in [2.45, 2.75) is 38.3 Å². The van der Waals surface area contributed by atoms with Gasteiger partial charge in [0.2, 0.25) is 0 Å². The molecule has 1 N–H and O–H groups in total. The number of hydrogen-bond acceptors (Lipinski definition) is 3. The van der Waals surface area contributed by atoms with Crippen molar-refractivity contribution < 1.29 is 14.0 Å². The van der Waals surface area contributed by atoms with Crippen molar-refractivity contribution in [3.8, 4) is 6.07 Å². The molecule has 6 heteroatoms. The fraction of sp³-hybridized carbons (Fsp3) is 0.286. The molecule has 2 aromatic carbocycles. The highest BCUT2D eigenvalue weighted by Gasteiger charge is 2.51. The standard InChI is InChI=1S/C21H20FN3O2/c1-2-3-12-21(17-8-10-18(22)11-9-17)19(26)25(20(27)24-21)14-16-7-5-4-6-15(16)13-23/h4-11H,2-3,12,14H2,1H3,(H,24,27)/t21-/m1/s1. The molecule has 0 unspecified atom stereocenters. The number of urea groups is 1. The van der Waals surface area contributed by atoms with Crippen molar-refractivity contribution in [3.05, 3.63) is 71.0 Å². The molecule has 1 aliphatic rings. The number of nitrogens with one attached hydrogen (secondary N) is 1. The van der Waals surface area contributed by atoms with Gasteiger partial charge in [-0.15, -0.1) is 0 Å². The summed E-state index contributed by atoms with van der Waals surface area (Å²) in [6, 6.07) is 14.1. The second-order valence-corrected chi connectivity index (χ2v) is 6.61. The van der Waals surface area contributed by atoms with E-state index < -0.39 is 17.4 Å². The molecule has 0 spiro atoms. The lowest BCUT2D eigenvalue weighted by molar-refractivity contribution is -0.132. The van der Waals surface area contributed by atoms with Crippen LogP contribution in [-0.2, 0) is 16.9 Å². The van der Waals surface area contributed by atoms with E-state index in [1.165, 1.54) is 24.3 Å². The second-order valence-electron chi connectivity index (χ2n) is 6.61. The van der Waals surface area contributed by atoms with Crippen LogP contribution in [0.4, 0.5) is 9.18 Å². The van der Waals surface area contributed by atoms with E-state index in [9.17, 15) is 19.2 Å². The Kier molecular flexibility index (Phi) is 5.22. The van der Waals surface area contributed by atoms with Crippen LogP contribution in [0.3, 0.4) is 0 Å². The molecule has 3 rings (SSSR count). The van der Waals surface area contributed by atoms with Crippen molar-refractivity contribution >= 4 is 11.9 Å². The molecule has 1 fully saturated rings. The maximum Gasteiger partial charge on any atom is 0.325 e. The molecule has 3 amide bonds. The number of nitrogens with zero attached hydrogens (tertiary/aromatic N) is 2. The zero-order chi connectivity index (χ0) is 19.4. The van der Waals surface area contributed by atoms with Gasteiger partial charge in [-0.25, -0.2) is 9.18 Å². The van der Waals surface area contributed by atoms with Gasteiger partial charge in [-0.05, 0) is 35.7 Å². The number of nitriles is 1. The van der Waals surface area contributed by atoms with Gasteiger partial charge in [-0.2, -0.15) is 5.26 Å². The number of rotatable bonds is 6. The summed E-state index contributed by atoms with van der Waals surface area (Å²) in [6.45, 7) is 2.02. The summed E-state index contributed by atoms with van der Waals surface area (Å²) in [5, 5.41) is 12.1. The van der Waals surface area contributed by atoms with E-state index in [1.807, 2.05) is 6.92 Å². The number of hydrogen-bond donors (Lipinski definition) is 1. The van der Waals surface area contributed by atoms with Crippen molar-refractivity contribution in [2.24, 2.45) is 0 Å². The molecule has 0 bridgehead atoms. The summed E-state index contributed by atoms with van der Waals surface area (Å²) in [5.41, 5.74) is 0.383. The molecular weight excluding hydrogens is 345 g/mol. The summed E-state index contributed by atoms with van der Waals surface area (Å²) in [5.74, 6) is -0.777. The van der Waals surface area contributed by atoms with Crippen molar-refractivity contribution in [1.29, 1.82) is 5.26 Å². The first kappa shape index (κ1) is 18.6. The summed E-state index contributed by atoms with van der Waals surface area (Å²) in [6.07, 6.45) is 2.01. The number of amides is 3. The molecule has 5 nitrogen and oxygen atoms in total. The average Bonchev–Trinajstić information content (AvgIpc) is 2.92. The molecule has 1 saturated heterocycles. The number of halogens is 1. The third-order valence-corrected chi connectivity index (χ3v) is 4.88. The Bertz CT molecular complexity index is 904. The van der Waals surface area contributed by atoms with E-state index in [1.54, 1.807) is 24.3 Å². The topological polar surface area (TPSA) is 73.2 Å².